The summed E-state index contributed by atoms with van der Waals surface area (Å²) in [5.41, 5.74) is 0. The van der Waals surface area contributed by atoms with E-state index >= 15 is 0 Å². The van der Waals surface area contributed by atoms with E-state index in [1.807, 2.05) is 6.07 Å². The number of carbonyl (C=O) groups excluding carboxylic acids is 1. The Labute approximate surface area is 134 Å². The van der Waals surface area contributed by atoms with Gasteiger partial charge in [-0.15, -0.1) is 0 Å². The Morgan fingerprint density at radius 3 is 2.41 bits per heavy atom. The highest BCUT2D eigenvalue weighted by atomic mass is 32.3. The Morgan fingerprint density at radius 2 is 1.86 bits per heavy atom. The Morgan fingerprint density at radius 1 is 1.23 bits per heavy atom. The summed E-state index contributed by atoms with van der Waals surface area (Å²) in [6.07, 6.45) is 4.43. The van der Waals surface area contributed by atoms with Crippen molar-refractivity contribution >= 4 is 16.0 Å². The molecule has 0 saturated carbocycles. The van der Waals surface area contributed by atoms with E-state index in [-0.39, 0.29) is 10.9 Å². The van der Waals surface area contributed by atoms with E-state index in [1.54, 1.807) is 7.11 Å². The van der Waals surface area contributed by atoms with Crippen molar-refractivity contribution in [2.24, 2.45) is 0 Å². The summed E-state index contributed by atoms with van der Waals surface area (Å²) in [5.74, 6) is 0.616. The van der Waals surface area contributed by atoms with Crippen molar-refractivity contribution in [3.05, 3.63) is 30.3 Å². The fourth-order valence-electron chi connectivity index (χ4n) is 3.15. The van der Waals surface area contributed by atoms with Gasteiger partial charge in [0.1, 0.15) is 4.93 Å². The van der Waals surface area contributed by atoms with Gasteiger partial charge < -0.3 is 14.2 Å². The normalized spacial score (nSPS) is 21.6. The van der Waals surface area contributed by atoms with Crippen LogP contribution in [0, 0.1) is 0 Å². The molecule has 0 spiro atoms. The van der Waals surface area contributed by atoms with Crippen LogP contribution in [0.5, 0.6) is 0 Å². The Balaban J connectivity index is 2.37. The quantitative estimate of drug-likeness (QED) is 0.753. The van der Waals surface area contributed by atoms with Crippen molar-refractivity contribution in [1.82, 2.24) is 0 Å². The lowest BCUT2D eigenvalue weighted by molar-refractivity contribution is -0.140. The van der Waals surface area contributed by atoms with Crippen LogP contribution >= 0.6 is 10.0 Å². The van der Waals surface area contributed by atoms with Gasteiger partial charge in [-0.1, -0.05) is 30.3 Å². The molecule has 1 heterocycles. The zero-order valence-electron chi connectivity index (χ0n) is 13.7. The van der Waals surface area contributed by atoms with Crippen LogP contribution in [0.1, 0.15) is 19.3 Å². The molecule has 1 aromatic rings. The molecule has 0 N–H and O–H groups in total. The molecular formula is C17H26O4S. The maximum atomic E-state index is 11.7. The molecule has 5 heteroatoms. The minimum atomic E-state index is -1.34. The van der Waals surface area contributed by atoms with Gasteiger partial charge in [0.25, 0.3) is 0 Å². The predicted octanol–water partition coefficient (Wildman–Crippen LogP) is 3.20. The second-order valence-corrected chi connectivity index (χ2v) is 9.46. The zero-order chi connectivity index (χ0) is 16.1. The number of hydrogen-bond acceptors (Lipinski definition) is 4. The van der Waals surface area contributed by atoms with Gasteiger partial charge in [0.05, 0.1) is 26.7 Å². The molecule has 1 saturated heterocycles. The summed E-state index contributed by atoms with van der Waals surface area (Å²) >= 11 is 0. The maximum absolute atomic E-state index is 11.7. The predicted molar refractivity (Wildman–Crippen MR) is 89.5 cm³/mol. The fraction of sp³-hybridized carbons (Fsp3) is 0.588. The van der Waals surface area contributed by atoms with Crippen molar-refractivity contribution in [2.75, 3.05) is 39.4 Å². The Bertz CT molecular complexity index is 485. The monoisotopic (exact) mass is 326 g/mol. The summed E-state index contributed by atoms with van der Waals surface area (Å²) < 4.78 is 16.5. The second kappa shape index (κ2) is 7.49. The molecule has 4 nitrogen and oxygen atoms in total. The third-order valence-corrected chi connectivity index (χ3v) is 9.20. The highest BCUT2D eigenvalue weighted by Crippen LogP contribution is 2.66. The third-order valence-electron chi connectivity index (χ3n) is 4.65. The van der Waals surface area contributed by atoms with Gasteiger partial charge in [-0.2, -0.15) is 10.0 Å². The topological polar surface area (TPSA) is 44.8 Å². The first-order chi connectivity index (χ1) is 10.6. The molecule has 1 atom stereocenters. The molecule has 0 radical (unpaired) electrons. The zero-order valence-corrected chi connectivity index (χ0v) is 14.5. The van der Waals surface area contributed by atoms with Crippen LogP contribution in [-0.4, -0.2) is 50.3 Å². The molecule has 1 aromatic carbocycles. The summed E-state index contributed by atoms with van der Waals surface area (Å²) in [5, 5.41) is 0. The van der Waals surface area contributed by atoms with E-state index in [4.69, 9.17) is 14.2 Å². The average Bonchev–Trinajstić information content (AvgIpc) is 2.60. The smallest absolute Gasteiger partial charge is 0.306 e. The lowest BCUT2D eigenvalue weighted by Gasteiger charge is -2.54. The van der Waals surface area contributed by atoms with Gasteiger partial charge in [0.15, 0.2) is 0 Å². The summed E-state index contributed by atoms with van der Waals surface area (Å²) in [6.45, 7) is 1.42. The second-order valence-electron chi connectivity index (χ2n) is 5.66. The van der Waals surface area contributed by atoms with E-state index < -0.39 is 10.0 Å². The van der Waals surface area contributed by atoms with Gasteiger partial charge in [0, 0.05) is 20.0 Å². The van der Waals surface area contributed by atoms with Crippen LogP contribution in [0.3, 0.4) is 0 Å². The van der Waals surface area contributed by atoms with Crippen molar-refractivity contribution in [1.29, 1.82) is 0 Å². The van der Waals surface area contributed by atoms with Crippen LogP contribution in [-0.2, 0) is 19.0 Å². The number of rotatable bonds is 6. The molecule has 1 aliphatic heterocycles. The van der Waals surface area contributed by atoms with Crippen LogP contribution in [0.15, 0.2) is 35.2 Å². The average molecular weight is 326 g/mol. The van der Waals surface area contributed by atoms with Crippen molar-refractivity contribution in [3.63, 3.8) is 0 Å². The molecule has 0 aliphatic carbocycles. The molecule has 2 rings (SSSR count). The molecule has 1 fully saturated rings. The number of carbonyl (C=O) groups is 1. The van der Waals surface area contributed by atoms with E-state index in [0.717, 1.165) is 18.6 Å². The maximum Gasteiger partial charge on any atom is 0.306 e. The van der Waals surface area contributed by atoms with Crippen LogP contribution in [0.25, 0.3) is 0 Å². The summed E-state index contributed by atoms with van der Waals surface area (Å²) in [6, 6.07) is 10.4. The van der Waals surface area contributed by atoms with Gasteiger partial charge in [-0.05, 0) is 16.9 Å². The molecule has 0 bridgehead atoms. The standard InChI is InChI=1S/C17H26O4S/c1-19-16(18)9-14-22(3,15-7-5-4-6-8-15)17(20-2)10-12-21-13-11-17/h4-8H,9-14H2,1-3H3. The molecule has 0 amide bonds. The Hall–Kier alpha value is -1.04. The highest BCUT2D eigenvalue weighted by Gasteiger charge is 2.46. The minimum Gasteiger partial charge on any atom is -0.469 e. The van der Waals surface area contributed by atoms with E-state index in [2.05, 4.69) is 30.5 Å². The molecule has 124 valence electrons. The fourth-order valence-corrected chi connectivity index (χ4v) is 6.96. The van der Waals surface area contributed by atoms with Gasteiger partial charge >= 0.3 is 5.97 Å². The van der Waals surface area contributed by atoms with Crippen molar-refractivity contribution in [2.45, 2.75) is 29.1 Å². The molecular weight excluding hydrogens is 300 g/mol. The number of esters is 1. The largest absolute Gasteiger partial charge is 0.469 e. The number of ether oxygens (including phenoxy) is 3. The first-order valence-electron chi connectivity index (χ1n) is 7.58. The van der Waals surface area contributed by atoms with Gasteiger partial charge in [-0.25, -0.2) is 0 Å². The molecule has 0 aromatic heterocycles. The van der Waals surface area contributed by atoms with Crippen LogP contribution in [0.4, 0.5) is 0 Å². The van der Waals surface area contributed by atoms with Crippen molar-refractivity contribution in [3.8, 4) is 0 Å². The lowest BCUT2D eigenvalue weighted by atomic mass is 10.1. The SMILES string of the molecule is COC(=O)CCS(C)(c1ccccc1)C1(OC)CCOCC1. The van der Waals surface area contributed by atoms with E-state index in [0.29, 0.717) is 19.6 Å². The number of methoxy groups -OCH3 is 2. The molecule has 22 heavy (non-hydrogen) atoms. The van der Waals surface area contributed by atoms with Crippen LogP contribution in [0.2, 0.25) is 0 Å². The van der Waals surface area contributed by atoms with E-state index in [9.17, 15) is 4.79 Å². The van der Waals surface area contributed by atoms with Gasteiger partial charge in [-0.3, -0.25) is 4.79 Å². The molecule has 1 aliphatic rings. The number of benzene rings is 1. The molecule has 1 unspecified atom stereocenters. The number of hydrogen-bond donors (Lipinski definition) is 0. The summed E-state index contributed by atoms with van der Waals surface area (Å²) in [4.78, 5) is 12.7. The lowest BCUT2D eigenvalue weighted by Crippen LogP contribution is -2.44. The minimum absolute atomic E-state index is 0.159. The first kappa shape index (κ1) is 17.3. The third kappa shape index (κ3) is 3.31. The Kier molecular flexibility index (Phi) is 5.89. The van der Waals surface area contributed by atoms with Crippen molar-refractivity contribution < 1.29 is 19.0 Å². The summed E-state index contributed by atoms with van der Waals surface area (Å²) in [7, 11) is 1.89. The van der Waals surface area contributed by atoms with Gasteiger partial charge in [0.2, 0.25) is 0 Å². The highest BCUT2D eigenvalue weighted by molar-refractivity contribution is 8.34. The van der Waals surface area contributed by atoms with Crippen LogP contribution < -0.4 is 0 Å². The first-order valence-corrected chi connectivity index (χ1v) is 9.79. The van der Waals surface area contributed by atoms with E-state index in [1.165, 1.54) is 12.0 Å².